The van der Waals surface area contributed by atoms with Crippen molar-refractivity contribution in [3.63, 3.8) is 0 Å². The van der Waals surface area contributed by atoms with Gasteiger partial charge in [-0.05, 0) is 75.0 Å². The monoisotopic (exact) mass is 509 g/mol. The fraction of sp³-hybridized carbons (Fsp3) is 0.133. The molecule has 3 N–H and O–H groups in total. The van der Waals surface area contributed by atoms with Crippen LogP contribution < -0.4 is 5.32 Å². The molecule has 0 unspecified atom stereocenters. The third-order valence-electron chi connectivity index (χ3n) is 2.93. The van der Waals surface area contributed by atoms with Gasteiger partial charge in [-0.2, -0.15) is 0 Å². The van der Waals surface area contributed by atoms with Crippen LogP contribution in [0.2, 0.25) is 0 Å². The highest BCUT2D eigenvalue weighted by Gasteiger charge is 2.19. The molecule has 0 aromatic heterocycles. The lowest BCUT2D eigenvalue weighted by Crippen LogP contribution is -2.31. The quantitative estimate of drug-likeness (QED) is 0.539. The number of phenols is 1. The van der Waals surface area contributed by atoms with Crippen LogP contribution in [0.15, 0.2) is 42.5 Å². The molecule has 0 amide bonds. The highest BCUT2D eigenvalue weighted by Crippen LogP contribution is 2.28. The van der Waals surface area contributed by atoms with Crippen LogP contribution in [0.1, 0.15) is 5.56 Å². The van der Waals surface area contributed by atoms with Gasteiger partial charge in [0.05, 0.1) is 7.14 Å². The van der Waals surface area contributed by atoms with Crippen molar-refractivity contribution in [2.45, 2.75) is 12.5 Å². The number of anilines is 1. The third-order valence-corrected chi connectivity index (χ3v) is 4.57. The van der Waals surface area contributed by atoms with Crippen molar-refractivity contribution in [2.24, 2.45) is 0 Å². The molecule has 0 aliphatic carbocycles. The smallest absolute Gasteiger partial charge is 0.326 e. The summed E-state index contributed by atoms with van der Waals surface area (Å²) in [6, 6.07) is 12.2. The Morgan fingerprint density at radius 3 is 2.24 bits per heavy atom. The zero-order chi connectivity index (χ0) is 15.4. The molecular formula is C15H13I2NO3. The molecular weight excluding hydrogens is 496 g/mol. The number of carbonyl (C=O) groups is 1. The molecule has 0 spiro atoms. The Bertz CT molecular complexity index is 624. The van der Waals surface area contributed by atoms with E-state index in [1.54, 1.807) is 12.1 Å². The molecule has 0 saturated heterocycles. The Balaban J connectivity index is 2.19. The topological polar surface area (TPSA) is 69.6 Å². The van der Waals surface area contributed by atoms with E-state index in [1.165, 1.54) is 0 Å². The first-order chi connectivity index (χ1) is 9.97. The average Bonchev–Trinajstić information content (AvgIpc) is 2.45. The molecule has 0 saturated carbocycles. The second-order valence-electron chi connectivity index (χ2n) is 4.51. The summed E-state index contributed by atoms with van der Waals surface area (Å²) in [5.41, 5.74) is 1.64. The van der Waals surface area contributed by atoms with E-state index < -0.39 is 12.0 Å². The second kappa shape index (κ2) is 7.30. The van der Waals surface area contributed by atoms with Crippen LogP contribution in [0.5, 0.6) is 5.75 Å². The van der Waals surface area contributed by atoms with Gasteiger partial charge in [-0.3, -0.25) is 0 Å². The number of carboxylic acids is 1. The van der Waals surface area contributed by atoms with Crippen LogP contribution in [0, 0.1) is 7.14 Å². The Kier molecular flexibility index (Phi) is 5.68. The number of rotatable bonds is 5. The molecule has 0 aliphatic rings. The molecule has 2 rings (SSSR count). The summed E-state index contributed by atoms with van der Waals surface area (Å²) in [6.07, 6.45) is 0.344. The number of hydrogen-bond donors (Lipinski definition) is 3. The van der Waals surface area contributed by atoms with E-state index in [2.05, 4.69) is 5.32 Å². The molecule has 110 valence electrons. The first kappa shape index (κ1) is 16.3. The van der Waals surface area contributed by atoms with Gasteiger partial charge < -0.3 is 15.5 Å². The van der Waals surface area contributed by atoms with Crippen molar-refractivity contribution in [1.82, 2.24) is 0 Å². The minimum atomic E-state index is -0.906. The van der Waals surface area contributed by atoms with Crippen molar-refractivity contribution in [3.05, 3.63) is 55.2 Å². The molecule has 2 aromatic carbocycles. The first-order valence-corrected chi connectivity index (χ1v) is 8.34. The lowest BCUT2D eigenvalue weighted by atomic mass is 10.1. The number of para-hydroxylation sites is 1. The number of aliphatic carboxylic acids is 1. The Labute approximate surface area is 149 Å². The standard InChI is InChI=1S/C15H13I2NO3/c16-11-6-9(7-12(17)14(11)19)8-13(15(20)21)18-10-4-2-1-3-5-10/h1-7,13,18-19H,8H2,(H,20,21)/t13-/m0/s1. The van der Waals surface area contributed by atoms with Gasteiger partial charge in [0.2, 0.25) is 0 Å². The highest BCUT2D eigenvalue weighted by molar-refractivity contribution is 14.1. The summed E-state index contributed by atoms with van der Waals surface area (Å²) in [5, 5.41) is 22.1. The highest BCUT2D eigenvalue weighted by atomic mass is 127. The van der Waals surface area contributed by atoms with Crippen molar-refractivity contribution in [3.8, 4) is 5.75 Å². The molecule has 0 radical (unpaired) electrons. The molecule has 0 bridgehead atoms. The lowest BCUT2D eigenvalue weighted by Gasteiger charge is -2.16. The molecule has 1 atom stereocenters. The van der Waals surface area contributed by atoms with Gasteiger partial charge in [-0.25, -0.2) is 4.79 Å². The first-order valence-electron chi connectivity index (χ1n) is 6.18. The molecule has 4 nitrogen and oxygen atoms in total. The third kappa shape index (κ3) is 4.47. The SMILES string of the molecule is O=C(O)[C@H](Cc1cc(I)c(O)c(I)c1)Nc1ccccc1. The molecule has 0 heterocycles. The van der Waals surface area contributed by atoms with Crippen molar-refractivity contribution < 1.29 is 15.0 Å². The number of halogens is 2. The Hall–Kier alpha value is -1.03. The molecule has 0 fully saturated rings. The summed E-state index contributed by atoms with van der Waals surface area (Å²) in [5.74, 6) is -0.667. The number of carboxylic acid groups (broad SMARTS) is 1. The minimum Gasteiger partial charge on any atom is -0.506 e. The second-order valence-corrected chi connectivity index (χ2v) is 6.84. The maximum absolute atomic E-state index is 11.4. The van der Waals surface area contributed by atoms with Gasteiger partial charge in [0, 0.05) is 12.1 Å². The van der Waals surface area contributed by atoms with Crippen LogP contribution in [0.3, 0.4) is 0 Å². The Morgan fingerprint density at radius 1 is 1.14 bits per heavy atom. The average molecular weight is 509 g/mol. The van der Waals surface area contributed by atoms with Crippen LogP contribution in [-0.2, 0) is 11.2 Å². The lowest BCUT2D eigenvalue weighted by molar-refractivity contribution is -0.137. The van der Waals surface area contributed by atoms with Crippen LogP contribution in [0.4, 0.5) is 5.69 Å². The van der Waals surface area contributed by atoms with Gasteiger partial charge in [0.25, 0.3) is 0 Å². The summed E-state index contributed by atoms with van der Waals surface area (Å²) in [4.78, 5) is 11.4. The van der Waals surface area contributed by atoms with E-state index in [9.17, 15) is 15.0 Å². The number of benzene rings is 2. The van der Waals surface area contributed by atoms with Crippen molar-refractivity contribution >= 4 is 56.8 Å². The van der Waals surface area contributed by atoms with Crippen LogP contribution in [0.25, 0.3) is 0 Å². The fourth-order valence-electron chi connectivity index (χ4n) is 1.91. The van der Waals surface area contributed by atoms with E-state index in [0.29, 0.717) is 6.42 Å². The molecule has 2 aromatic rings. The predicted molar refractivity (Wildman–Crippen MR) is 98.7 cm³/mol. The molecule has 21 heavy (non-hydrogen) atoms. The maximum atomic E-state index is 11.4. The largest absolute Gasteiger partial charge is 0.506 e. The Morgan fingerprint density at radius 2 is 1.71 bits per heavy atom. The molecule has 0 aliphatic heterocycles. The number of hydrogen-bond acceptors (Lipinski definition) is 3. The van der Waals surface area contributed by atoms with E-state index in [1.807, 2.05) is 75.5 Å². The van der Waals surface area contributed by atoms with Gasteiger partial charge >= 0.3 is 5.97 Å². The van der Waals surface area contributed by atoms with Gasteiger partial charge in [-0.1, -0.05) is 18.2 Å². The number of phenolic OH excluding ortho intramolecular Hbond substituents is 1. The summed E-state index contributed by atoms with van der Waals surface area (Å²) in [7, 11) is 0. The normalized spacial score (nSPS) is 11.9. The van der Waals surface area contributed by atoms with Gasteiger partial charge in [-0.15, -0.1) is 0 Å². The fourth-order valence-corrected chi connectivity index (χ4v) is 3.80. The zero-order valence-corrected chi connectivity index (χ0v) is 15.2. The van der Waals surface area contributed by atoms with Crippen LogP contribution >= 0.6 is 45.2 Å². The van der Waals surface area contributed by atoms with Crippen molar-refractivity contribution in [1.29, 1.82) is 0 Å². The van der Waals surface area contributed by atoms with Crippen LogP contribution in [-0.4, -0.2) is 22.2 Å². The minimum absolute atomic E-state index is 0.239. The molecule has 6 heteroatoms. The summed E-state index contributed by atoms with van der Waals surface area (Å²) in [6.45, 7) is 0. The van der Waals surface area contributed by atoms with E-state index in [0.717, 1.165) is 18.4 Å². The van der Waals surface area contributed by atoms with Gasteiger partial charge in [0.15, 0.2) is 0 Å². The van der Waals surface area contributed by atoms with E-state index in [4.69, 9.17) is 0 Å². The van der Waals surface area contributed by atoms with E-state index >= 15 is 0 Å². The number of aromatic hydroxyl groups is 1. The van der Waals surface area contributed by atoms with Crippen molar-refractivity contribution in [2.75, 3.05) is 5.32 Å². The summed E-state index contributed by atoms with van der Waals surface area (Å²) >= 11 is 4.08. The predicted octanol–water partition coefficient (Wildman–Crippen LogP) is 3.71. The number of nitrogens with one attached hydrogen (secondary N) is 1. The maximum Gasteiger partial charge on any atom is 0.326 e. The summed E-state index contributed by atoms with van der Waals surface area (Å²) < 4.78 is 1.44. The van der Waals surface area contributed by atoms with Gasteiger partial charge in [0.1, 0.15) is 11.8 Å². The van der Waals surface area contributed by atoms with E-state index in [-0.39, 0.29) is 5.75 Å². The zero-order valence-electron chi connectivity index (χ0n) is 10.9.